The predicted molar refractivity (Wildman–Crippen MR) is 59.2 cm³/mol. The van der Waals surface area contributed by atoms with Crippen molar-refractivity contribution in [2.45, 2.75) is 26.3 Å². The van der Waals surface area contributed by atoms with Gasteiger partial charge in [0.15, 0.2) is 0 Å². The highest BCUT2D eigenvalue weighted by molar-refractivity contribution is 7.89. The molecule has 0 radical (unpaired) electrons. The Hall–Kier alpha value is -0.170. The number of nitrogens with zero attached hydrogens (tertiary/aromatic N) is 1. The standard InChI is InChI=1S/C9H21NO4S/c1-4-9(2)10(5-7-14-3)15(12,13)8-6-11/h9,11H,4-8H2,1-3H3. The van der Waals surface area contributed by atoms with E-state index in [9.17, 15) is 8.42 Å². The average Bonchev–Trinajstić information content (AvgIpc) is 2.17. The largest absolute Gasteiger partial charge is 0.395 e. The van der Waals surface area contributed by atoms with E-state index >= 15 is 0 Å². The van der Waals surface area contributed by atoms with E-state index in [1.807, 2.05) is 13.8 Å². The van der Waals surface area contributed by atoms with Crippen molar-refractivity contribution in [2.75, 3.05) is 32.6 Å². The smallest absolute Gasteiger partial charge is 0.216 e. The van der Waals surface area contributed by atoms with Gasteiger partial charge < -0.3 is 9.84 Å². The third kappa shape index (κ3) is 4.92. The highest BCUT2D eigenvalue weighted by atomic mass is 32.2. The molecule has 0 bridgehead atoms. The molecular weight excluding hydrogens is 218 g/mol. The van der Waals surface area contributed by atoms with E-state index < -0.39 is 10.0 Å². The summed E-state index contributed by atoms with van der Waals surface area (Å²) in [5.41, 5.74) is 0. The maximum atomic E-state index is 11.7. The van der Waals surface area contributed by atoms with Gasteiger partial charge in [-0.3, -0.25) is 0 Å². The van der Waals surface area contributed by atoms with Crippen LogP contribution in [0.15, 0.2) is 0 Å². The minimum atomic E-state index is -3.35. The van der Waals surface area contributed by atoms with Crippen LogP contribution in [0.2, 0.25) is 0 Å². The maximum absolute atomic E-state index is 11.7. The number of aliphatic hydroxyl groups is 1. The summed E-state index contributed by atoms with van der Waals surface area (Å²) in [6.45, 7) is 4.15. The molecular formula is C9H21NO4S. The van der Waals surface area contributed by atoms with Crippen LogP contribution < -0.4 is 0 Å². The molecule has 0 saturated heterocycles. The number of aliphatic hydroxyl groups excluding tert-OH is 1. The summed E-state index contributed by atoms with van der Waals surface area (Å²) in [6, 6.07) is -0.0586. The molecule has 6 heteroatoms. The van der Waals surface area contributed by atoms with Gasteiger partial charge >= 0.3 is 0 Å². The van der Waals surface area contributed by atoms with E-state index in [2.05, 4.69) is 0 Å². The van der Waals surface area contributed by atoms with Crippen LogP contribution in [0, 0.1) is 0 Å². The van der Waals surface area contributed by atoms with Crippen molar-refractivity contribution in [1.82, 2.24) is 4.31 Å². The Balaban J connectivity index is 4.61. The van der Waals surface area contributed by atoms with E-state index in [0.29, 0.717) is 13.2 Å². The number of ether oxygens (including phenoxy) is 1. The second-order valence-electron chi connectivity index (χ2n) is 3.40. The van der Waals surface area contributed by atoms with Crippen molar-refractivity contribution < 1.29 is 18.3 Å². The topological polar surface area (TPSA) is 66.8 Å². The zero-order valence-corrected chi connectivity index (χ0v) is 10.5. The molecule has 0 spiro atoms. The van der Waals surface area contributed by atoms with E-state index in [1.54, 1.807) is 0 Å². The molecule has 0 aromatic rings. The van der Waals surface area contributed by atoms with Gasteiger partial charge in [0.25, 0.3) is 0 Å². The molecule has 0 saturated carbocycles. The lowest BCUT2D eigenvalue weighted by atomic mass is 10.3. The fourth-order valence-corrected chi connectivity index (χ4v) is 2.77. The first-order valence-corrected chi connectivity index (χ1v) is 6.69. The molecule has 0 aliphatic heterocycles. The lowest BCUT2D eigenvalue weighted by molar-refractivity contribution is 0.167. The first-order chi connectivity index (χ1) is 6.99. The first kappa shape index (κ1) is 14.8. The zero-order chi connectivity index (χ0) is 11.9. The van der Waals surface area contributed by atoms with Crippen LogP contribution in [0.5, 0.6) is 0 Å². The summed E-state index contributed by atoms with van der Waals surface area (Å²) in [5.74, 6) is -0.221. The molecule has 1 N–H and O–H groups in total. The van der Waals surface area contributed by atoms with Gasteiger partial charge in [-0.2, -0.15) is 4.31 Å². The van der Waals surface area contributed by atoms with Crippen LogP contribution in [0.4, 0.5) is 0 Å². The molecule has 92 valence electrons. The van der Waals surface area contributed by atoms with Crippen molar-refractivity contribution in [3.8, 4) is 0 Å². The van der Waals surface area contributed by atoms with Crippen molar-refractivity contribution in [2.24, 2.45) is 0 Å². The first-order valence-electron chi connectivity index (χ1n) is 5.08. The fourth-order valence-electron chi connectivity index (χ4n) is 1.25. The summed E-state index contributed by atoms with van der Waals surface area (Å²) in [4.78, 5) is 0. The Morgan fingerprint density at radius 2 is 2.07 bits per heavy atom. The molecule has 0 rings (SSSR count). The second kappa shape index (κ2) is 7.16. The van der Waals surface area contributed by atoms with Gasteiger partial charge in [0, 0.05) is 19.7 Å². The molecule has 0 heterocycles. The predicted octanol–water partition coefficient (Wildman–Crippen LogP) is 0.0554. The third-order valence-corrected chi connectivity index (χ3v) is 4.26. The molecule has 0 aliphatic carbocycles. The minimum absolute atomic E-state index is 0.0586. The SMILES string of the molecule is CCC(C)N(CCOC)S(=O)(=O)CCO. The highest BCUT2D eigenvalue weighted by Gasteiger charge is 2.25. The molecule has 0 amide bonds. The summed E-state index contributed by atoms with van der Waals surface area (Å²) in [6.07, 6.45) is 0.744. The normalized spacial score (nSPS) is 14.5. The van der Waals surface area contributed by atoms with Gasteiger partial charge in [0.1, 0.15) is 0 Å². The average molecular weight is 239 g/mol. The lowest BCUT2D eigenvalue weighted by Crippen LogP contribution is -2.42. The Morgan fingerprint density at radius 1 is 1.47 bits per heavy atom. The Morgan fingerprint density at radius 3 is 2.47 bits per heavy atom. The number of sulfonamides is 1. The third-order valence-electron chi connectivity index (χ3n) is 2.30. The Labute approximate surface area is 92.1 Å². The van der Waals surface area contributed by atoms with Gasteiger partial charge in [-0.15, -0.1) is 0 Å². The number of rotatable bonds is 8. The monoisotopic (exact) mass is 239 g/mol. The quantitative estimate of drug-likeness (QED) is 0.650. The van der Waals surface area contributed by atoms with Crippen molar-refractivity contribution in [3.05, 3.63) is 0 Å². The van der Waals surface area contributed by atoms with Crippen LogP contribution in [0.25, 0.3) is 0 Å². The van der Waals surface area contributed by atoms with E-state index in [4.69, 9.17) is 9.84 Å². The molecule has 15 heavy (non-hydrogen) atoms. The molecule has 0 fully saturated rings. The summed E-state index contributed by atoms with van der Waals surface area (Å²) in [7, 11) is -1.82. The summed E-state index contributed by atoms with van der Waals surface area (Å²) in [5, 5.41) is 8.69. The van der Waals surface area contributed by atoms with Crippen LogP contribution in [0.1, 0.15) is 20.3 Å². The second-order valence-corrected chi connectivity index (χ2v) is 5.44. The van der Waals surface area contributed by atoms with Crippen LogP contribution in [-0.2, 0) is 14.8 Å². The van der Waals surface area contributed by atoms with Gasteiger partial charge in [-0.1, -0.05) is 6.92 Å². The van der Waals surface area contributed by atoms with Gasteiger partial charge in [0.05, 0.1) is 19.0 Å². The minimum Gasteiger partial charge on any atom is -0.395 e. The molecule has 5 nitrogen and oxygen atoms in total. The number of methoxy groups -OCH3 is 1. The Kier molecular flexibility index (Phi) is 7.08. The summed E-state index contributed by atoms with van der Waals surface area (Å²) < 4.78 is 29.8. The van der Waals surface area contributed by atoms with Crippen LogP contribution in [0.3, 0.4) is 0 Å². The molecule has 0 aromatic heterocycles. The van der Waals surface area contributed by atoms with Crippen LogP contribution >= 0.6 is 0 Å². The zero-order valence-electron chi connectivity index (χ0n) is 9.64. The fraction of sp³-hybridized carbons (Fsp3) is 1.00. The van der Waals surface area contributed by atoms with E-state index in [0.717, 1.165) is 6.42 Å². The van der Waals surface area contributed by atoms with Crippen molar-refractivity contribution in [1.29, 1.82) is 0 Å². The van der Waals surface area contributed by atoms with Gasteiger partial charge in [0.2, 0.25) is 10.0 Å². The van der Waals surface area contributed by atoms with Crippen molar-refractivity contribution >= 4 is 10.0 Å². The molecule has 0 aromatic carbocycles. The molecule has 1 atom stereocenters. The van der Waals surface area contributed by atoms with Gasteiger partial charge in [-0.25, -0.2) is 8.42 Å². The number of hydrogen-bond donors (Lipinski definition) is 1. The summed E-state index contributed by atoms with van der Waals surface area (Å²) >= 11 is 0. The Bertz CT molecular complexity index is 253. The van der Waals surface area contributed by atoms with E-state index in [-0.39, 0.29) is 18.4 Å². The van der Waals surface area contributed by atoms with Gasteiger partial charge in [-0.05, 0) is 13.3 Å². The number of hydrogen-bond acceptors (Lipinski definition) is 4. The maximum Gasteiger partial charge on any atom is 0.216 e. The van der Waals surface area contributed by atoms with Crippen LogP contribution in [-0.4, -0.2) is 56.5 Å². The highest BCUT2D eigenvalue weighted by Crippen LogP contribution is 2.10. The molecule has 0 aliphatic rings. The van der Waals surface area contributed by atoms with E-state index in [1.165, 1.54) is 11.4 Å². The lowest BCUT2D eigenvalue weighted by Gasteiger charge is -2.27. The van der Waals surface area contributed by atoms with Crippen molar-refractivity contribution in [3.63, 3.8) is 0 Å². The molecule has 1 unspecified atom stereocenters.